The molecular weight excluding hydrogens is 354 g/mol. The maximum atomic E-state index is 5.43. The van der Waals surface area contributed by atoms with Gasteiger partial charge in [-0.1, -0.05) is 18.2 Å². The first-order valence-corrected chi connectivity index (χ1v) is 9.39. The van der Waals surface area contributed by atoms with E-state index in [0.717, 1.165) is 55.0 Å². The van der Waals surface area contributed by atoms with Crippen LogP contribution in [0.5, 0.6) is 11.5 Å². The molecule has 1 N–H and O–H groups in total. The van der Waals surface area contributed by atoms with E-state index in [4.69, 9.17) is 9.47 Å². The van der Waals surface area contributed by atoms with Crippen molar-refractivity contribution in [1.82, 2.24) is 9.97 Å². The Bertz CT molecular complexity index is 958. The van der Waals surface area contributed by atoms with Crippen LogP contribution in [0, 0.1) is 0 Å². The van der Waals surface area contributed by atoms with Crippen LogP contribution in [-0.2, 0) is 0 Å². The van der Waals surface area contributed by atoms with Gasteiger partial charge in [0.1, 0.15) is 18.0 Å². The Balaban J connectivity index is 1.26. The topological polar surface area (TPSA) is 62.8 Å². The van der Waals surface area contributed by atoms with Crippen LogP contribution in [0.4, 0.5) is 23.0 Å². The lowest BCUT2D eigenvalue weighted by molar-refractivity contribution is 0.174. The number of rotatable bonds is 4. The summed E-state index contributed by atoms with van der Waals surface area (Å²) >= 11 is 0. The first kappa shape index (κ1) is 16.7. The molecule has 2 aliphatic heterocycles. The monoisotopic (exact) mass is 375 g/mol. The summed E-state index contributed by atoms with van der Waals surface area (Å²) in [6.45, 7) is 4.06. The zero-order valence-electron chi connectivity index (χ0n) is 15.4. The van der Waals surface area contributed by atoms with Crippen LogP contribution in [0.3, 0.4) is 0 Å². The van der Waals surface area contributed by atoms with Gasteiger partial charge in [0.25, 0.3) is 0 Å². The van der Waals surface area contributed by atoms with Crippen LogP contribution in [-0.4, -0.2) is 42.9 Å². The second kappa shape index (κ2) is 7.26. The standard InChI is InChI=1S/C21H21N5O2/c1-2-4-17(5-3-1)25-8-10-26(11-9-25)21-13-20(22-14-23-21)24-16-6-7-18-19(12-16)28-15-27-18/h1-7,12-14H,8-11,15H2,(H,22,23,24). The lowest BCUT2D eigenvalue weighted by Gasteiger charge is -2.36. The molecule has 2 aromatic carbocycles. The molecule has 0 unspecified atom stereocenters. The Kier molecular flexibility index (Phi) is 4.33. The average molecular weight is 375 g/mol. The molecule has 0 radical (unpaired) electrons. The van der Waals surface area contributed by atoms with Gasteiger partial charge in [0.2, 0.25) is 6.79 Å². The van der Waals surface area contributed by atoms with Crippen LogP contribution >= 0.6 is 0 Å². The van der Waals surface area contributed by atoms with Gasteiger partial charge in [-0.05, 0) is 24.3 Å². The highest BCUT2D eigenvalue weighted by Gasteiger charge is 2.19. The zero-order valence-corrected chi connectivity index (χ0v) is 15.4. The van der Waals surface area contributed by atoms with Crippen LogP contribution in [0.15, 0.2) is 60.9 Å². The van der Waals surface area contributed by atoms with Crippen molar-refractivity contribution in [2.45, 2.75) is 0 Å². The van der Waals surface area contributed by atoms with E-state index >= 15 is 0 Å². The number of nitrogens with one attached hydrogen (secondary N) is 1. The van der Waals surface area contributed by atoms with Gasteiger partial charge < -0.3 is 24.6 Å². The largest absolute Gasteiger partial charge is 0.454 e. The second-order valence-electron chi connectivity index (χ2n) is 6.76. The number of anilines is 4. The number of ether oxygens (including phenoxy) is 2. The molecule has 28 heavy (non-hydrogen) atoms. The van der Waals surface area contributed by atoms with E-state index in [1.807, 2.05) is 24.3 Å². The average Bonchev–Trinajstić information content (AvgIpc) is 3.23. The summed E-state index contributed by atoms with van der Waals surface area (Å²) in [5.41, 5.74) is 2.18. The normalized spacial score (nSPS) is 15.6. The molecular formula is C21H21N5O2. The molecule has 1 fully saturated rings. The minimum Gasteiger partial charge on any atom is -0.454 e. The zero-order chi connectivity index (χ0) is 18.8. The highest BCUT2D eigenvalue weighted by Crippen LogP contribution is 2.35. The number of benzene rings is 2. The molecule has 0 atom stereocenters. The number of nitrogens with zero attached hydrogens (tertiary/aromatic N) is 4. The molecule has 7 nitrogen and oxygen atoms in total. The molecule has 2 aliphatic rings. The Hall–Kier alpha value is -3.48. The van der Waals surface area contributed by atoms with Gasteiger partial charge in [-0.2, -0.15) is 0 Å². The van der Waals surface area contributed by atoms with E-state index in [1.165, 1.54) is 5.69 Å². The molecule has 3 heterocycles. The van der Waals surface area contributed by atoms with Gasteiger partial charge in [-0.25, -0.2) is 9.97 Å². The van der Waals surface area contributed by atoms with Gasteiger partial charge in [0, 0.05) is 49.7 Å². The molecule has 7 heteroatoms. The maximum absolute atomic E-state index is 5.43. The van der Waals surface area contributed by atoms with E-state index in [1.54, 1.807) is 6.33 Å². The molecule has 1 saturated heterocycles. The molecule has 0 aliphatic carbocycles. The SMILES string of the molecule is c1ccc(N2CCN(c3cc(Nc4ccc5c(c4)OCO5)ncn3)CC2)cc1. The van der Waals surface area contributed by atoms with Crippen molar-refractivity contribution in [2.24, 2.45) is 0 Å². The molecule has 0 spiro atoms. The fraction of sp³-hybridized carbons (Fsp3) is 0.238. The van der Waals surface area contributed by atoms with Crippen LogP contribution in [0.2, 0.25) is 0 Å². The summed E-state index contributed by atoms with van der Waals surface area (Å²) in [4.78, 5) is 13.5. The minimum atomic E-state index is 0.269. The number of fused-ring (bicyclic) bond motifs is 1. The van der Waals surface area contributed by atoms with Crippen LogP contribution in [0.25, 0.3) is 0 Å². The van der Waals surface area contributed by atoms with Crippen LogP contribution in [0.1, 0.15) is 0 Å². The van der Waals surface area contributed by atoms with Crippen molar-refractivity contribution >= 4 is 23.0 Å². The number of aromatic nitrogens is 2. The van der Waals surface area contributed by atoms with E-state index in [9.17, 15) is 0 Å². The number of hydrogen-bond donors (Lipinski definition) is 1. The quantitative estimate of drug-likeness (QED) is 0.751. The van der Waals surface area contributed by atoms with E-state index in [-0.39, 0.29) is 6.79 Å². The van der Waals surface area contributed by atoms with E-state index in [2.05, 4.69) is 55.4 Å². The number of piperazine rings is 1. The van der Waals surface area contributed by atoms with Gasteiger partial charge in [0.15, 0.2) is 11.5 Å². The van der Waals surface area contributed by atoms with Crippen LogP contribution < -0.4 is 24.6 Å². The Morgan fingerprint density at radius 2 is 1.57 bits per heavy atom. The van der Waals surface area contributed by atoms with E-state index < -0.39 is 0 Å². The fourth-order valence-electron chi connectivity index (χ4n) is 3.54. The summed E-state index contributed by atoms with van der Waals surface area (Å²) in [5, 5.41) is 3.32. The summed E-state index contributed by atoms with van der Waals surface area (Å²) in [6, 6.07) is 18.3. The highest BCUT2D eigenvalue weighted by molar-refractivity contribution is 5.63. The van der Waals surface area contributed by atoms with Crippen molar-refractivity contribution in [2.75, 3.05) is 48.1 Å². The smallest absolute Gasteiger partial charge is 0.231 e. The van der Waals surface area contributed by atoms with Crippen molar-refractivity contribution in [1.29, 1.82) is 0 Å². The molecule has 1 aromatic heterocycles. The van der Waals surface area contributed by atoms with Gasteiger partial charge in [0.05, 0.1) is 0 Å². The summed E-state index contributed by atoms with van der Waals surface area (Å²) in [5.74, 6) is 3.21. The summed E-state index contributed by atoms with van der Waals surface area (Å²) in [7, 11) is 0. The molecule has 0 saturated carbocycles. The molecule has 142 valence electrons. The lowest BCUT2D eigenvalue weighted by atomic mass is 10.2. The molecule has 3 aromatic rings. The van der Waals surface area contributed by atoms with Crippen molar-refractivity contribution in [3.05, 3.63) is 60.9 Å². The number of para-hydroxylation sites is 1. The molecule has 5 rings (SSSR count). The molecule has 0 amide bonds. The van der Waals surface area contributed by atoms with Gasteiger partial charge in [-0.3, -0.25) is 0 Å². The fourth-order valence-corrected chi connectivity index (χ4v) is 3.54. The lowest BCUT2D eigenvalue weighted by Crippen LogP contribution is -2.46. The van der Waals surface area contributed by atoms with Gasteiger partial charge in [-0.15, -0.1) is 0 Å². The highest BCUT2D eigenvalue weighted by atomic mass is 16.7. The Labute approximate surface area is 163 Å². The van der Waals surface area contributed by atoms with Crippen molar-refractivity contribution in [3.8, 4) is 11.5 Å². The number of hydrogen-bond acceptors (Lipinski definition) is 7. The van der Waals surface area contributed by atoms with Crippen molar-refractivity contribution in [3.63, 3.8) is 0 Å². The third-order valence-electron chi connectivity index (χ3n) is 5.02. The first-order chi connectivity index (χ1) is 13.8. The predicted molar refractivity (Wildman–Crippen MR) is 109 cm³/mol. The Morgan fingerprint density at radius 3 is 2.43 bits per heavy atom. The Morgan fingerprint density at radius 1 is 0.786 bits per heavy atom. The maximum Gasteiger partial charge on any atom is 0.231 e. The van der Waals surface area contributed by atoms with Gasteiger partial charge >= 0.3 is 0 Å². The first-order valence-electron chi connectivity index (χ1n) is 9.39. The summed E-state index contributed by atoms with van der Waals surface area (Å²) < 4.78 is 10.8. The third-order valence-corrected chi connectivity index (χ3v) is 5.02. The predicted octanol–water partition coefficient (Wildman–Crippen LogP) is 3.28. The summed E-state index contributed by atoms with van der Waals surface area (Å²) in [6.07, 6.45) is 1.61. The molecule has 0 bridgehead atoms. The minimum absolute atomic E-state index is 0.269. The van der Waals surface area contributed by atoms with E-state index in [0.29, 0.717) is 0 Å². The third kappa shape index (κ3) is 3.38. The second-order valence-corrected chi connectivity index (χ2v) is 6.76. The van der Waals surface area contributed by atoms with Crippen molar-refractivity contribution < 1.29 is 9.47 Å².